The standard InChI is InChI=1S/C19H24Cl2N2O4/c1-11-5-3-4-6-16(11)23-18(25)12(2)27-17(24)10-22-19(26)13-7-8-14(20)15(21)9-13/h7-9,11-12,16H,3-6,10H2,1-2H3,(H,22,26)(H,23,25)/t11-,12-,16-/m1/s1. The summed E-state index contributed by atoms with van der Waals surface area (Å²) in [6, 6.07) is 4.51. The first-order chi connectivity index (χ1) is 12.8. The van der Waals surface area contributed by atoms with Gasteiger partial charge in [-0.05, 0) is 43.9 Å². The van der Waals surface area contributed by atoms with Crippen molar-refractivity contribution in [3.05, 3.63) is 33.8 Å². The first-order valence-electron chi connectivity index (χ1n) is 9.01. The van der Waals surface area contributed by atoms with Crippen LogP contribution >= 0.6 is 23.2 Å². The van der Waals surface area contributed by atoms with E-state index in [0.29, 0.717) is 10.9 Å². The lowest BCUT2D eigenvalue weighted by Crippen LogP contribution is -2.46. The van der Waals surface area contributed by atoms with Gasteiger partial charge in [0.25, 0.3) is 11.8 Å². The van der Waals surface area contributed by atoms with Crippen molar-refractivity contribution >= 4 is 41.0 Å². The minimum absolute atomic E-state index is 0.113. The fourth-order valence-corrected chi connectivity index (χ4v) is 3.31. The molecule has 0 spiro atoms. The van der Waals surface area contributed by atoms with Gasteiger partial charge in [-0.2, -0.15) is 0 Å². The summed E-state index contributed by atoms with van der Waals surface area (Å²) in [6.07, 6.45) is 3.36. The Morgan fingerprint density at radius 1 is 1.19 bits per heavy atom. The molecular formula is C19H24Cl2N2O4. The number of ether oxygens (including phenoxy) is 1. The molecule has 6 nitrogen and oxygen atoms in total. The van der Waals surface area contributed by atoms with E-state index in [1.807, 2.05) is 0 Å². The number of esters is 1. The van der Waals surface area contributed by atoms with Crippen LogP contribution in [0.1, 0.15) is 49.9 Å². The molecule has 3 atom stereocenters. The van der Waals surface area contributed by atoms with Crippen molar-refractivity contribution in [3.8, 4) is 0 Å². The van der Waals surface area contributed by atoms with E-state index in [1.54, 1.807) is 0 Å². The summed E-state index contributed by atoms with van der Waals surface area (Å²) in [7, 11) is 0. The van der Waals surface area contributed by atoms with Crippen LogP contribution in [0.15, 0.2) is 18.2 Å². The third kappa shape index (κ3) is 6.40. The highest BCUT2D eigenvalue weighted by atomic mass is 35.5. The molecule has 1 aromatic carbocycles. The van der Waals surface area contributed by atoms with Gasteiger partial charge in [-0.1, -0.05) is 43.0 Å². The van der Waals surface area contributed by atoms with Crippen molar-refractivity contribution in [3.63, 3.8) is 0 Å². The Bertz CT molecular complexity index is 711. The molecule has 1 fully saturated rings. The van der Waals surface area contributed by atoms with Gasteiger partial charge in [0.05, 0.1) is 10.0 Å². The highest BCUT2D eigenvalue weighted by molar-refractivity contribution is 6.42. The Labute approximate surface area is 168 Å². The lowest BCUT2D eigenvalue weighted by molar-refractivity contribution is -0.154. The molecule has 0 unspecified atom stereocenters. The molecule has 27 heavy (non-hydrogen) atoms. The van der Waals surface area contributed by atoms with Crippen LogP contribution in [-0.2, 0) is 14.3 Å². The summed E-state index contributed by atoms with van der Waals surface area (Å²) in [6.45, 7) is 3.28. The minimum atomic E-state index is -0.923. The Hall–Kier alpha value is -1.79. The van der Waals surface area contributed by atoms with Crippen molar-refractivity contribution in [1.29, 1.82) is 0 Å². The SMILES string of the molecule is C[C@@H]1CCCC[C@H]1NC(=O)[C@@H](C)OC(=O)CNC(=O)c1ccc(Cl)c(Cl)c1. The van der Waals surface area contributed by atoms with Crippen LogP contribution in [0.4, 0.5) is 0 Å². The van der Waals surface area contributed by atoms with Crippen LogP contribution in [0.25, 0.3) is 0 Å². The van der Waals surface area contributed by atoms with Crippen molar-refractivity contribution < 1.29 is 19.1 Å². The summed E-state index contributed by atoms with van der Waals surface area (Å²) >= 11 is 11.7. The maximum Gasteiger partial charge on any atom is 0.326 e. The van der Waals surface area contributed by atoms with Gasteiger partial charge in [0.2, 0.25) is 0 Å². The lowest BCUT2D eigenvalue weighted by atomic mass is 9.86. The van der Waals surface area contributed by atoms with Gasteiger partial charge in [-0.3, -0.25) is 14.4 Å². The molecule has 2 amide bonds. The Balaban J connectivity index is 1.77. The Kier molecular flexibility index (Phi) is 7.92. The van der Waals surface area contributed by atoms with Crippen LogP contribution in [0.5, 0.6) is 0 Å². The number of hydrogen-bond donors (Lipinski definition) is 2. The first-order valence-corrected chi connectivity index (χ1v) is 9.76. The number of carbonyl (C=O) groups excluding carboxylic acids is 3. The number of hydrogen-bond acceptors (Lipinski definition) is 4. The topological polar surface area (TPSA) is 84.5 Å². The molecule has 0 radical (unpaired) electrons. The molecular weight excluding hydrogens is 391 g/mol. The molecule has 8 heteroatoms. The van der Waals surface area contributed by atoms with Gasteiger partial charge in [-0.25, -0.2) is 0 Å². The van der Waals surface area contributed by atoms with Crippen molar-refractivity contribution in [2.24, 2.45) is 5.92 Å². The molecule has 1 aliphatic carbocycles. The number of halogens is 2. The third-order valence-electron chi connectivity index (χ3n) is 4.69. The summed E-state index contributed by atoms with van der Waals surface area (Å²) in [5.74, 6) is -1.09. The highest BCUT2D eigenvalue weighted by Crippen LogP contribution is 2.24. The molecule has 2 N–H and O–H groups in total. The van der Waals surface area contributed by atoms with Gasteiger partial charge < -0.3 is 15.4 Å². The number of benzene rings is 1. The fourth-order valence-electron chi connectivity index (χ4n) is 3.02. The van der Waals surface area contributed by atoms with Crippen molar-refractivity contribution in [2.75, 3.05) is 6.54 Å². The molecule has 148 valence electrons. The maximum absolute atomic E-state index is 12.2. The molecule has 1 aromatic rings. The predicted octanol–water partition coefficient (Wildman–Crippen LogP) is 3.35. The maximum atomic E-state index is 12.2. The Morgan fingerprint density at radius 2 is 1.89 bits per heavy atom. The largest absolute Gasteiger partial charge is 0.451 e. The van der Waals surface area contributed by atoms with Gasteiger partial charge in [0.1, 0.15) is 6.54 Å². The smallest absolute Gasteiger partial charge is 0.326 e. The zero-order valence-corrected chi connectivity index (χ0v) is 16.9. The summed E-state index contributed by atoms with van der Waals surface area (Å²) in [5.41, 5.74) is 0.272. The van der Waals surface area contributed by atoms with Crippen LogP contribution in [-0.4, -0.2) is 36.5 Å². The van der Waals surface area contributed by atoms with E-state index in [1.165, 1.54) is 31.5 Å². The average molecular weight is 415 g/mol. The van der Waals surface area contributed by atoms with E-state index in [9.17, 15) is 14.4 Å². The van der Waals surface area contributed by atoms with E-state index in [2.05, 4.69) is 17.6 Å². The molecule has 0 bridgehead atoms. The average Bonchev–Trinajstić information content (AvgIpc) is 2.63. The zero-order valence-electron chi connectivity index (χ0n) is 15.4. The predicted molar refractivity (Wildman–Crippen MR) is 104 cm³/mol. The van der Waals surface area contributed by atoms with Crippen molar-refractivity contribution in [1.82, 2.24) is 10.6 Å². The Morgan fingerprint density at radius 3 is 2.56 bits per heavy atom. The number of amides is 2. The summed E-state index contributed by atoms with van der Waals surface area (Å²) in [5, 5.41) is 5.95. The van der Waals surface area contributed by atoms with E-state index in [0.717, 1.165) is 19.3 Å². The normalized spacial score (nSPS) is 20.4. The van der Waals surface area contributed by atoms with Crippen LogP contribution in [0.3, 0.4) is 0 Å². The molecule has 0 aromatic heterocycles. The quantitative estimate of drug-likeness (QED) is 0.698. The van der Waals surface area contributed by atoms with Gasteiger partial charge >= 0.3 is 5.97 Å². The van der Waals surface area contributed by atoms with E-state index in [-0.39, 0.29) is 29.1 Å². The fraction of sp³-hybridized carbons (Fsp3) is 0.526. The third-order valence-corrected chi connectivity index (χ3v) is 5.43. The number of nitrogens with one attached hydrogen (secondary N) is 2. The first kappa shape index (κ1) is 21.5. The number of carbonyl (C=O) groups is 3. The van der Waals surface area contributed by atoms with Gasteiger partial charge in [0.15, 0.2) is 6.10 Å². The molecule has 0 heterocycles. The van der Waals surface area contributed by atoms with E-state index < -0.39 is 18.0 Å². The van der Waals surface area contributed by atoms with Crippen molar-refractivity contribution in [2.45, 2.75) is 51.7 Å². The van der Waals surface area contributed by atoms with Crippen LogP contribution in [0.2, 0.25) is 10.0 Å². The highest BCUT2D eigenvalue weighted by Gasteiger charge is 2.26. The molecule has 2 rings (SSSR count). The molecule has 1 saturated carbocycles. The monoisotopic (exact) mass is 414 g/mol. The molecule has 0 saturated heterocycles. The van der Waals surface area contributed by atoms with Gasteiger partial charge in [-0.15, -0.1) is 0 Å². The van der Waals surface area contributed by atoms with Crippen LogP contribution < -0.4 is 10.6 Å². The second-order valence-electron chi connectivity index (χ2n) is 6.82. The molecule has 0 aliphatic heterocycles. The van der Waals surface area contributed by atoms with E-state index in [4.69, 9.17) is 27.9 Å². The molecule has 1 aliphatic rings. The lowest BCUT2D eigenvalue weighted by Gasteiger charge is -2.30. The van der Waals surface area contributed by atoms with Crippen LogP contribution in [0, 0.1) is 5.92 Å². The second kappa shape index (κ2) is 9.95. The zero-order chi connectivity index (χ0) is 20.0. The second-order valence-corrected chi connectivity index (χ2v) is 7.63. The van der Waals surface area contributed by atoms with E-state index >= 15 is 0 Å². The van der Waals surface area contributed by atoms with Gasteiger partial charge in [0, 0.05) is 11.6 Å². The number of rotatable bonds is 6. The summed E-state index contributed by atoms with van der Waals surface area (Å²) < 4.78 is 5.11. The summed E-state index contributed by atoms with van der Waals surface area (Å²) in [4.78, 5) is 36.2. The minimum Gasteiger partial charge on any atom is -0.451 e.